The number of likely N-dealkylation sites (N-methyl/N-ethyl adjacent to an activating group) is 2. The van der Waals surface area contributed by atoms with E-state index in [4.69, 9.17) is 33.2 Å². The number of aliphatic carboxylic acids is 1. The van der Waals surface area contributed by atoms with Gasteiger partial charge in [0.25, 0.3) is 0 Å². The number of nitrogens with zero attached hydrogens (tertiary/aromatic N) is 7. The van der Waals surface area contributed by atoms with Gasteiger partial charge in [-0.1, -0.05) is 105 Å². The number of aliphatic hydroxyl groups is 4. The van der Waals surface area contributed by atoms with Gasteiger partial charge in [-0.15, -0.1) is 0 Å². The van der Waals surface area contributed by atoms with E-state index in [1.807, 2.05) is 56.1 Å². The lowest BCUT2D eigenvalue weighted by molar-refractivity contribution is -0.271. The number of aryl methyl sites for hydroxylation is 1. The summed E-state index contributed by atoms with van der Waals surface area (Å²) in [7, 11) is 9.72. The molecule has 3 fully saturated rings. The first-order valence-electron chi connectivity index (χ1n) is 42.4. The summed E-state index contributed by atoms with van der Waals surface area (Å²) in [4.78, 5) is 150. The van der Waals surface area contributed by atoms with E-state index in [0.717, 1.165) is 34.5 Å². The second kappa shape index (κ2) is 48.3. The summed E-state index contributed by atoms with van der Waals surface area (Å²) in [6.45, 7) is 22.8. The molecule has 2 aromatic carbocycles. The van der Waals surface area contributed by atoms with Crippen molar-refractivity contribution in [3.05, 3.63) is 89.7 Å². The van der Waals surface area contributed by atoms with Crippen LogP contribution >= 0.6 is 0 Å². The first-order chi connectivity index (χ1) is 58.0. The predicted octanol–water partition coefficient (Wildman–Crippen LogP) is 3.44. The molecule has 12 N–H and O–H groups in total. The van der Waals surface area contributed by atoms with Gasteiger partial charge in [-0.25, -0.2) is 19.6 Å². The maximum Gasteiger partial charge on any atom is 0.410 e. The molecule has 9 amide bonds. The molecule has 36 heteroatoms. The number of piperidine rings is 1. The Morgan fingerprint density at radius 3 is 2.00 bits per heavy atom. The second-order valence-electron chi connectivity index (χ2n) is 33.1. The number of carbonyl (C=O) groups is 10. The zero-order chi connectivity index (χ0) is 89.9. The van der Waals surface area contributed by atoms with E-state index in [1.165, 1.54) is 51.3 Å². The second-order valence-corrected chi connectivity index (χ2v) is 33.1. The van der Waals surface area contributed by atoms with E-state index < -0.39 is 163 Å². The minimum Gasteiger partial charge on any atom is -0.479 e. The molecule has 0 spiro atoms. The molecule has 3 aliphatic rings. The maximum atomic E-state index is 15.0. The summed E-state index contributed by atoms with van der Waals surface area (Å²) in [5.41, 5.74) is 5.70. The van der Waals surface area contributed by atoms with Crippen LogP contribution in [-0.4, -0.2) is 305 Å². The van der Waals surface area contributed by atoms with Crippen molar-refractivity contribution in [2.75, 3.05) is 100 Å². The Bertz CT molecular complexity index is 4060. The van der Waals surface area contributed by atoms with Crippen LogP contribution in [0, 0.1) is 29.6 Å². The van der Waals surface area contributed by atoms with Gasteiger partial charge in [-0.05, 0) is 112 Å². The number of nitrogens with one attached hydrogen (secondary N) is 7. The highest BCUT2D eigenvalue weighted by Gasteiger charge is 2.49. The van der Waals surface area contributed by atoms with Crippen molar-refractivity contribution in [2.24, 2.45) is 29.6 Å². The fourth-order valence-corrected chi connectivity index (χ4v) is 15.8. The number of benzene rings is 2. The highest BCUT2D eigenvalue weighted by molar-refractivity contribution is 5.99. The number of carboxylic acids is 1. The molecule has 680 valence electrons. The lowest BCUT2D eigenvalue weighted by Crippen LogP contribution is -2.61. The van der Waals surface area contributed by atoms with E-state index in [2.05, 4.69) is 52.9 Å². The number of hydrogen-bond acceptors (Lipinski definition) is 25. The third kappa shape index (κ3) is 27.5. The van der Waals surface area contributed by atoms with Gasteiger partial charge in [0.05, 0.1) is 87.4 Å². The van der Waals surface area contributed by atoms with E-state index >= 15 is 0 Å². The van der Waals surface area contributed by atoms with Crippen molar-refractivity contribution in [3.63, 3.8) is 0 Å². The van der Waals surface area contributed by atoms with Crippen molar-refractivity contribution in [3.8, 4) is 5.75 Å². The van der Waals surface area contributed by atoms with Crippen LogP contribution in [-0.2, 0) is 91.3 Å². The number of anilines is 1. The number of fused-ring (bicyclic) bond motifs is 1. The van der Waals surface area contributed by atoms with Gasteiger partial charge in [0.2, 0.25) is 53.5 Å². The molecule has 0 unspecified atom stereocenters. The Hall–Kier alpha value is -9.05. The van der Waals surface area contributed by atoms with Crippen LogP contribution < -0.4 is 42.1 Å². The number of hydrazine groups is 1. The SMILES string of the molecule is CC[C@H](C)[C@@H]([C@@H](CC(=O)N1CCC[C@H]1[C@H](OC)[C@@H](C)C(=O)N[C@H](C)[C@@H](O)c1ccccc1)OC)N(C)C(=O)[C@@H](NC(=O)[C@H](C(C)C)N(C)C(=O)OCc1ccc(NC(=O)[C@H](C)NC(=O)[C@@H](NC(=O)CCOCCOCCNC2CCN(C(=O)CCn3c(CN(C)NC)cc4cccnc43)CC2)C(C)C)c(O[C@@H]2O[C@H](C(=O)O)[C@@H](O)[C@H](O)[C@H]2O)c1)C(C)C. The number of hydrogen-bond donors (Lipinski definition) is 12. The van der Waals surface area contributed by atoms with Gasteiger partial charge in [0, 0.05) is 104 Å². The number of carboxylic acid groups (broad SMARTS) is 1. The molecular formula is C86H134N14O22. The zero-order valence-electron chi connectivity index (χ0n) is 73.8. The zero-order valence-corrected chi connectivity index (χ0v) is 73.8. The van der Waals surface area contributed by atoms with E-state index in [9.17, 15) is 73.5 Å². The molecule has 122 heavy (non-hydrogen) atoms. The number of likely N-dealkylation sites (tertiary alicyclic amines) is 2. The van der Waals surface area contributed by atoms with E-state index in [0.29, 0.717) is 77.1 Å². The molecule has 0 bridgehead atoms. The standard InChI is InChI=1S/C86H134N14O22/c1-18-52(8)71(64(116-16)46-67(103)100-36-23-27-62(100)76(117-17)53(9)79(108)90-54(10)72(104)57-24-20-19-21-25-57)96(14)83(112)69(50(4)5)94-82(111)70(51(6)7)97(15)86(115)120-48-56-28-29-61(63(44-56)121-85-75(107)73(105)74(106)77(122-85)84(113)114)92-80(109)55(11)91-81(110)68(49(2)3)93-65(101)33-40-118-42-43-119-41-35-88-59-30-37-98(38-31-59)66(102)32-39-99-60(47-95(13)87-12)45-58-26-22-34-89-78(58)99/h19-22,24-26,28-29,34,44-45,49-55,59,62,64,68-77,85,87-88,104-107H,18,23,27,30-33,35-43,46-48H2,1-17H3,(H,90,108)(H,91,110)(H,92,109)(H,93,101)(H,94,111)(H,113,114)/t52-,53+,54+,55-,62-,64+,68-,69-,70-,71-,72+,73-,74-,75+,76+,77-,85+/m0/s1. The van der Waals surface area contributed by atoms with Gasteiger partial charge < -0.3 is 110 Å². The van der Waals surface area contributed by atoms with Crippen molar-refractivity contribution < 1.29 is 107 Å². The molecule has 2 aromatic heterocycles. The third-order valence-corrected chi connectivity index (χ3v) is 23.3. The van der Waals surface area contributed by atoms with Crippen LogP contribution in [0.2, 0.25) is 0 Å². The van der Waals surface area contributed by atoms with Crippen LogP contribution in [0.3, 0.4) is 0 Å². The largest absolute Gasteiger partial charge is 0.479 e. The molecule has 3 saturated heterocycles. The van der Waals surface area contributed by atoms with Crippen LogP contribution in [0.25, 0.3) is 11.0 Å². The number of methoxy groups -OCH3 is 2. The molecule has 36 nitrogen and oxygen atoms in total. The van der Waals surface area contributed by atoms with Gasteiger partial charge in [-0.3, -0.25) is 48.7 Å². The minimum absolute atomic E-state index is 0.0215. The van der Waals surface area contributed by atoms with Crippen LogP contribution in [0.4, 0.5) is 10.5 Å². The number of amides is 9. The Morgan fingerprint density at radius 1 is 0.689 bits per heavy atom. The predicted molar refractivity (Wildman–Crippen MR) is 452 cm³/mol. The lowest BCUT2D eigenvalue weighted by atomic mass is 9.89. The Morgan fingerprint density at radius 2 is 1.37 bits per heavy atom. The van der Waals surface area contributed by atoms with Gasteiger partial charge >= 0.3 is 12.1 Å². The molecule has 0 aliphatic carbocycles. The van der Waals surface area contributed by atoms with Crippen molar-refractivity contribution in [2.45, 2.75) is 245 Å². The van der Waals surface area contributed by atoms with Crippen LogP contribution in [0.15, 0.2) is 72.9 Å². The summed E-state index contributed by atoms with van der Waals surface area (Å²) >= 11 is 0. The Labute approximate surface area is 715 Å². The minimum atomic E-state index is -2.10. The monoisotopic (exact) mass is 1710 g/mol. The number of aliphatic hydroxyl groups excluding tert-OH is 4. The summed E-state index contributed by atoms with van der Waals surface area (Å²) in [5, 5.41) is 73.4. The third-order valence-electron chi connectivity index (χ3n) is 23.3. The highest BCUT2D eigenvalue weighted by Crippen LogP contribution is 2.34. The number of ether oxygens (including phenoxy) is 7. The quantitative estimate of drug-likeness (QED) is 0.0223. The molecule has 3 aliphatic heterocycles. The first kappa shape index (κ1) is 100. The summed E-state index contributed by atoms with van der Waals surface area (Å²) in [6.07, 6.45) is -8.56. The molecule has 0 radical (unpaired) electrons. The van der Waals surface area contributed by atoms with Crippen molar-refractivity contribution in [1.82, 2.24) is 66.2 Å². The molecular weight excluding hydrogens is 1580 g/mol. The number of aromatic nitrogens is 2. The summed E-state index contributed by atoms with van der Waals surface area (Å²) < 4.78 is 42.8. The first-order valence-corrected chi connectivity index (χ1v) is 42.4. The molecule has 17 atom stereocenters. The Kier molecular flexibility index (Phi) is 39.6. The number of rotatable bonds is 47. The van der Waals surface area contributed by atoms with E-state index in [-0.39, 0.29) is 79.3 Å². The maximum absolute atomic E-state index is 15.0. The fourth-order valence-electron chi connectivity index (χ4n) is 15.8. The normalized spacial score (nSPS) is 20.4. The van der Waals surface area contributed by atoms with Crippen molar-refractivity contribution >= 4 is 76.0 Å². The topological polar surface area (TPSA) is 455 Å². The van der Waals surface area contributed by atoms with Gasteiger partial charge in [0.1, 0.15) is 60.5 Å². The smallest absolute Gasteiger partial charge is 0.410 e. The van der Waals surface area contributed by atoms with Crippen molar-refractivity contribution in [1.29, 1.82) is 0 Å². The number of pyridine rings is 1. The average molecular weight is 1720 g/mol. The van der Waals surface area contributed by atoms with E-state index in [1.54, 1.807) is 97.8 Å². The van der Waals surface area contributed by atoms with Gasteiger partial charge in [0.15, 0.2) is 6.10 Å². The molecule has 7 rings (SSSR count). The average Bonchev–Trinajstić information content (AvgIpc) is 1.40. The summed E-state index contributed by atoms with van der Waals surface area (Å²) in [6, 6.07) is 12.6. The fraction of sp³-hybridized carbons (Fsp3) is 0.663. The molecule has 5 heterocycles. The molecule has 4 aromatic rings. The molecule has 0 saturated carbocycles. The van der Waals surface area contributed by atoms with Gasteiger partial charge in [-0.2, -0.15) is 0 Å². The number of carbonyl (C=O) groups excluding carboxylic acids is 9. The van der Waals surface area contributed by atoms with Crippen LogP contribution in [0.5, 0.6) is 5.75 Å². The highest BCUT2D eigenvalue weighted by atomic mass is 16.7. The summed E-state index contributed by atoms with van der Waals surface area (Å²) in [5.74, 6) is -8.30. The van der Waals surface area contributed by atoms with Crippen LogP contribution in [0.1, 0.15) is 150 Å². The Balaban J connectivity index is 0.897. The lowest BCUT2D eigenvalue weighted by Gasteiger charge is -2.41.